The maximum absolute atomic E-state index is 13.4. The molecular weight excluding hydrogens is 334 g/mol. The molecule has 0 N–H and O–H groups in total. The van der Waals surface area contributed by atoms with Crippen LogP contribution in [0.3, 0.4) is 0 Å². The van der Waals surface area contributed by atoms with Crippen LogP contribution in [0.4, 0.5) is 0 Å². The molecule has 0 aliphatic heterocycles. The number of fused-ring (bicyclic) bond motifs is 2. The van der Waals surface area contributed by atoms with Gasteiger partial charge in [-0.05, 0) is 49.1 Å². The van der Waals surface area contributed by atoms with Crippen LogP contribution in [0, 0.1) is 28.6 Å². The van der Waals surface area contributed by atoms with Crippen molar-refractivity contribution in [3.05, 3.63) is 41.1 Å². The van der Waals surface area contributed by atoms with Gasteiger partial charge >= 0.3 is 0 Å². The van der Waals surface area contributed by atoms with Gasteiger partial charge in [0.2, 0.25) is 0 Å². The number of amides is 1. The molecular formula is C23H29N3O. The van der Waals surface area contributed by atoms with E-state index in [0.29, 0.717) is 12.5 Å². The Hall–Kier alpha value is -2.41. The van der Waals surface area contributed by atoms with Gasteiger partial charge in [-0.2, -0.15) is 5.26 Å². The van der Waals surface area contributed by atoms with Crippen LogP contribution in [-0.2, 0) is 12.8 Å². The number of pyridine rings is 1. The van der Waals surface area contributed by atoms with Crippen molar-refractivity contribution in [2.75, 3.05) is 13.6 Å². The Balaban J connectivity index is 2.12. The van der Waals surface area contributed by atoms with E-state index in [-0.39, 0.29) is 17.2 Å². The second-order valence-electron chi connectivity index (χ2n) is 8.95. The number of rotatable bonds is 3. The van der Waals surface area contributed by atoms with Gasteiger partial charge in [0.05, 0.1) is 23.1 Å². The molecule has 0 radical (unpaired) electrons. The lowest BCUT2D eigenvalue weighted by Gasteiger charge is -2.36. The number of aromatic nitrogens is 1. The van der Waals surface area contributed by atoms with Crippen molar-refractivity contribution in [1.82, 2.24) is 9.88 Å². The first-order valence-corrected chi connectivity index (χ1v) is 9.78. The van der Waals surface area contributed by atoms with Crippen LogP contribution >= 0.6 is 0 Å². The van der Waals surface area contributed by atoms with Crippen molar-refractivity contribution in [3.8, 4) is 6.07 Å². The minimum absolute atomic E-state index is 0.00140. The van der Waals surface area contributed by atoms with E-state index >= 15 is 0 Å². The average Bonchev–Trinajstić information content (AvgIpc) is 2.64. The van der Waals surface area contributed by atoms with E-state index in [9.17, 15) is 4.79 Å². The van der Waals surface area contributed by atoms with Crippen molar-refractivity contribution in [1.29, 1.82) is 5.26 Å². The summed E-state index contributed by atoms with van der Waals surface area (Å²) < 4.78 is 0. The topological polar surface area (TPSA) is 57.0 Å². The summed E-state index contributed by atoms with van der Waals surface area (Å²) in [4.78, 5) is 20.0. The molecule has 27 heavy (non-hydrogen) atoms. The second-order valence-corrected chi connectivity index (χ2v) is 8.95. The predicted molar refractivity (Wildman–Crippen MR) is 108 cm³/mol. The molecule has 0 unspecified atom stereocenters. The lowest BCUT2D eigenvalue weighted by molar-refractivity contribution is 0.0784. The summed E-state index contributed by atoms with van der Waals surface area (Å²) in [5.74, 6) is 0.342. The third-order valence-electron chi connectivity index (χ3n) is 5.81. The molecule has 1 aliphatic rings. The van der Waals surface area contributed by atoms with Gasteiger partial charge in [-0.25, -0.2) is 0 Å². The largest absolute Gasteiger partial charge is 0.340 e. The molecule has 0 saturated carbocycles. The van der Waals surface area contributed by atoms with Gasteiger partial charge in [0.25, 0.3) is 5.91 Å². The number of carbonyl (C=O) groups is 1. The standard InChI is InChI=1S/C23H29N3O/c1-15(13-24)14-26(5)22(27)21-17-8-6-7-9-19(17)25-20-11-10-16(12-18(20)21)23(2,3)4/h6-9,15-16H,10-12,14H2,1-5H3/t15-,16-/m0/s1. The highest BCUT2D eigenvalue weighted by Gasteiger charge is 2.33. The zero-order valence-corrected chi connectivity index (χ0v) is 17.0. The third kappa shape index (κ3) is 3.83. The Bertz CT molecular complexity index is 904. The van der Waals surface area contributed by atoms with E-state index in [2.05, 4.69) is 26.8 Å². The summed E-state index contributed by atoms with van der Waals surface area (Å²) in [5, 5.41) is 10.0. The van der Waals surface area contributed by atoms with E-state index in [0.717, 1.165) is 47.0 Å². The minimum atomic E-state index is -0.190. The number of hydrogen-bond acceptors (Lipinski definition) is 3. The van der Waals surface area contributed by atoms with Crippen LogP contribution in [-0.4, -0.2) is 29.4 Å². The van der Waals surface area contributed by atoms with Gasteiger partial charge in [0.15, 0.2) is 0 Å². The summed E-state index contributed by atoms with van der Waals surface area (Å²) in [6.07, 6.45) is 2.91. The number of aryl methyl sites for hydroxylation is 1. The van der Waals surface area contributed by atoms with Crippen molar-refractivity contribution in [2.24, 2.45) is 17.3 Å². The summed E-state index contributed by atoms with van der Waals surface area (Å²) in [7, 11) is 1.79. The molecule has 0 bridgehead atoms. The lowest BCUT2D eigenvalue weighted by atomic mass is 9.70. The van der Waals surface area contributed by atoms with Gasteiger partial charge in [-0.15, -0.1) is 0 Å². The summed E-state index contributed by atoms with van der Waals surface area (Å²) >= 11 is 0. The molecule has 4 nitrogen and oxygen atoms in total. The van der Waals surface area contributed by atoms with Crippen LogP contribution in [0.15, 0.2) is 24.3 Å². The lowest BCUT2D eigenvalue weighted by Crippen LogP contribution is -2.34. The normalized spacial score (nSPS) is 17.9. The molecule has 0 fully saturated rings. The van der Waals surface area contributed by atoms with Gasteiger partial charge in [0, 0.05) is 24.7 Å². The molecule has 3 rings (SSSR count). The zero-order chi connectivity index (χ0) is 19.8. The fourth-order valence-corrected chi connectivity index (χ4v) is 4.10. The molecule has 0 spiro atoms. The Labute approximate surface area is 162 Å². The molecule has 142 valence electrons. The van der Waals surface area contributed by atoms with Gasteiger partial charge in [-0.3, -0.25) is 9.78 Å². The van der Waals surface area contributed by atoms with Gasteiger partial charge < -0.3 is 4.90 Å². The van der Waals surface area contributed by atoms with Crippen LogP contribution in [0.2, 0.25) is 0 Å². The van der Waals surface area contributed by atoms with E-state index in [4.69, 9.17) is 10.2 Å². The molecule has 1 aromatic carbocycles. The molecule has 1 amide bonds. The maximum Gasteiger partial charge on any atom is 0.254 e. The number of carbonyl (C=O) groups excluding carboxylic acids is 1. The van der Waals surface area contributed by atoms with Crippen LogP contribution in [0.5, 0.6) is 0 Å². The third-order valence-corrected chi connectivity index (χ3v) is 5.81. The Morgan fingerprint density at radius 3 is 2.74 bits per heavy atom. The highest BCUT2D eigenvalue weighted by atomic mass is 16.2. The van der Waals surface area contributed by atoms with Crippen molar-refractivity contribution in [3.63, 3.8) is 0 Å². The first-order chi connectivity index (χ1) is 12.7. The molecule has 4 heteroatoms. The molecule has 1 aliphatic carbocycles. The summed E-state index contributed by atoms with van der Waals surface area (Å²) in [6, 6.07) is 10.1. The average molecular weight is 364 g/mol. The van der Waals surface area contributed by atoms with Crippen molar-refractivity contribution < 1.29 is 4.79 Å². The number of hydrogen-bond donors (Lipinski definition) is 0. The van der Waals surface area contributed by atoms with Crippen molar-refractivity contribution >= 4 is 16.8 Å². The van der Waals surface area contributed by atoms with Crippen molar-refractivity contribution in [2.45, 2.75) is 47.0 Å². The highest BCUT2D eigenvalue weighted by molar-refractivity contribution is 6.07. The summed E-state index contributed by atoms with van der Waals surface area (Å²) in [5.41, 5.74) is 4.05. The zero-order valence-electron chi connectivity index (χ0n) is 17.0. The first-order valence-electron chi connectivity index (χ1n) is 9.78. The number of nitriles is 1. The number of benzene rings is 1. The van der Waals surface area contributed by atoms with Crippen LogP contribution < -0.4 is 0 Å². The van der Waals surface area contributed by atoms with E-state index < -0.39 is 0 Å². The number of para-hydroxylation sites is 1. The van der Waals surface area contributed by atoms with Gasteiger partial charge in [-0.1, -0.05) is 39.0 Å². The SMILES string of the molecule is C[C@@H](C#N)CN(C)C(=O)c1c2c(nc3ccccc13)CC[C@H](C(C)(C)C)C2. The fourth-order valence-electron chi connectivity index (χ4n) is 4.10. The fraction of sp³-hybridized carbons (Fsp3) is 0.522. The smallest absolute Gasteiger partial charge is 0.254 e. The monoisotopic (exact) mass is 363 g/mol. The Morgan fingerprint density at radius 1 is 1.37 bits per heavy atom. The van der Waals surface area contributed by atoms with Gasteiger partial charge in [0.1, 0.15) is 0 Å². The number of nitrogens with zero attached hydrogens (tertiary/aromatic N) is 3. The molecule has 2 aromatic rings. The first kappa shape index (κ1) is 19.4. The maximum atomic E-state index is 13.4. The van der Waals surface area contributed by atoms with Crippen LogP contribution in [0.25, 0.3) is 10.9 Å². The minimum Gasteiger partial charge on any atom is -0.340 e. The second kappa shape index (κ2) is 7.31. The molecule has 1 aromatic heterocycles. The highest BCUT2D eigenvalue weighted by Crippen LogP contribution is 2.39. The molecule has 1 heterocycles. The van der Waals surface area contributed by atoms with E-state index in [1.807, 2.05) is 31.2 Å². The Kier molecular flexibility index (Phi) is 5.24. The predicted octanol–water partition coefficient (Wildman–Crippen LogP) is 4.62. The van der Waals surface area contributed by atoms with E-state index in [1.54, 1.807) is 11.9 Å². The summed E-state index contributed by atoms with van der Waals surface area (Å²) in [6.45, 7) is 9.11. The quantitative estimate of drug-likeness (QED) is 0.799. The Morgan fingerprint density at radius 2 is 2.07 bits per heavy atom. The molecule has 2 atom stereocenters. The molecule has 0 saturated heterocycles. The van der Waals surface area contributed by atoms with E-state index in [1.165, 1.54) is 0 Å². The van der Waals surface area contributed by atoms with Crippen LogP contribution in [0.1, 0.15) is 55.7 Å².